The molecule has 2 N–H and O–H groups in total. The minimum Gasteiger partial charge on any atom is -0.394 e. The Hall–Kier alpha value is -1.61. The largest absolute Gasteiger partial charge is 0.394 e. The number of rotatable bonds is 4. The zero-order valence-corrected chi connectivity index (χ0v) is 12.0. The highest BCUT2D eigenvalue weighted by Gasteiger charge is 2.15. The number of carbonyl (C=O) groups is 1. The summed E-state index contributed by atoms with van der Waals surface area (Å²) in [6, 6.07) is 9.23. The summed E-state index contributed by atoms with van der Waals surface area (Å²) in [5, 5.41) is 12.3. The maximum Gasteiger partial charge on any atom is 0.244 e. The van der Waals surface area contributed by atoms with E-state index in [1.807, 2.05) is 30.3 Å². The number of hydrogen-bond donors (Lipinski definition) is 2. The molecule has 3 heteroatoms. The van der Waals surface area contributed by atoms with Crippen LogP contribution < -0.4 is 5.32 Å². The van der Waals surface area contributed by atoms with Gasteiger partial charge >= 0.3 is 0 Å². The predicted molar refractivity (Wildman–Crippen MR) is 80.1 cm³/mol. The first-order valence-corrected chi connectivity index (χ1v) is 7.34. The highest BCUT2D eigenvalue weighted by atomic mass is 16.3. The fraction of sp³-hybridized carbons (Fsp3) is 0.471. The molecule has 1 fully saturated rings. The zero-order chi connectivity index (χ0) is 14.4. The van der Waals surface area contributed by atoms with Gasteiger partial charge in [-0.3, -0.25) is 4.79 Å². The Morgan fingerprint density at radius 3 is 2.60 bits per heavy atom. The number of aliphatic hydroxyl groups excluding tert-OH is 1. The molecule has 1 aromatic rings. The van der Waals surface area contributed by atoms with Crippen LogP contribution in [-0.4, -0.2) is 17.6 Å². The van der Waals surface area contributed by atoms with Crippen LogP contribution in [0.1, 0.15) is 44.2 Å². The van der Waals surface area contributed by atoms with Crippen LogP contribution in [0.4, 0.5) is 0 Å². The van der Waals surface area contributed by atoms with Gasteiger partial charge in [0.15, 0.2) is 0 Å². The molecule has 0 bridgehead atoms. The number of benzene rings is 1. The van der Waals surface area contributed by atoms with Crippen molar-refractivity contribution in [1.29, 1.82) is 0 Å². The molecule has 1 aromatic carbocycles. The van der Waals surface area contributed by atoms with E-state index in [1.54, 1.807) is 6.08 Å². The molecule has 0 radical (unpaired) electrons. The predicted octanol–water partition coefficient (Wildman–Crippen LogP) is 2.97. The van der Waals surface area contributed by atoms with Crippen LogP contribution >= 0.6 is 0 Å². The fourth-order valence-corrected chi connectivity index (χ4v) is 2.60. The number of amides is 1. The standard InChI is InChI=1S/C17H23NO2/c1-13-7-9-14(10-8-13)11-17(20)18-16(12-19)15-5-3-2-4-6-15/h2-6,11,13,16,19H,7-10,12H2,1H3,(H,18,20)/t13?,16-/m1/s1. The first-order chi connectivity index (χ1) is 9.69. The fourth-order valence-electron chi connectivity index (χ4n) is 2.60. The van der Waals surface area contributed by atoms with Crippen LogP contribution in [0.25, 0.3) is 0 Å². The van der Waals surface area contributed by atoms with Crippen molar-refractivity contribution in [2.75, 3.05) is 6.61 Å². The zero-order valence-electron chi connectivity index (χ0n) is 12.0. The molecule has 0 aromatic heterocycles. The maximum atomic E-state index is 12.0. The SMILES string of the molecule is CC1CCC(=CC(=O)N[C@H](CO)c2ccccc2)CC1. The summed E-state index contributed by atoms with van der Waals surface area (Å²) >= 11 is 0. The third-order valence-corrected chi connectivity index (χ3v) is 3.95. The Kier molecular flexibility index (Phi) is 5.36. The van der Waals surface area contributed by atoms with Gasteiger partial charge < -0.3 is 10.4 Å². The second-order valence-electron chi connectivity index (χ2n) is 5.64. The number of allylic oxidation sites excluding steroid dienone is 1. The van der Waals surface area contributed by atoms with Crippen LogP contribution in [0, 0.1) is 5.92 Å². The molecule has 3 nitrogen and oxygen atoms in total. The number of nitrogens with one attached hydrogen (secondary N) is 1. The van der Waals surface area contributed by atoms with E-state index < -0.39 is 0 Å². The molecule has 1 saturated carbocycles. The molecule has 2 rings (SSSR count). The van der Waals surface area contributed by atoms with Crippen molar-refractivity contribution in [3.8, 4) is 0 Å². The van der Waals surface area contributed by atoms with Crippen molar-refractivity contribution in [2.24, 2.45) is 5.92 Å². The molecular weight excluding hydrogens is 250 g/mol. The molecule has 1 aliphatic carbocycles. The lowest BCUT2D eigenvalue weighted by Crippen LogP contribution is -2.29. The summed E-state index contributed by atoms with van der Waals surface area (Å²) in [5.41, 5.74) is 2.16. The van der Waals surface area contributed by atoms with Crippen LogP contribution in [0.15, 0.2) is 42.0 Å². The van der Waals surface area contributed by atoms with E-state index in [0.717, 1.165) is 24.3 Å². The Balaban J connectivity index is 1.94. The van der Waals surface area contributed by atoms with Crippen molar-refractivity contribution >= 4 is 5.91 Å². The van der Waals surface area contributed by atoms with Gasteiger partial charge in [0, 0.05) is 6.08 Å². The normalized spacial score (nSPS) is 20.3. The second-order valence-corrected chi connectivity index (χ2v) is 5.64. The molecule has 1 amide bonds. The second kappa shape index (κ2) is 7.25. The lowest BCUT2D eigenvalue weighted by molar-refractivity contribution is -0.117. The molecule has 0 heterocycles. The summed E-state index contributed by atoms with van der Waals surface area (Å²) in [7, 11) is 0. The Labute approximate surface area is 120 Å². The monoisotopic (exact) mass is 273 g/mol. The van der Waals surface area contributed by atoms with Crippen molar-refractivity contribution in [3.63, 3.8) is 0 Å². The minimum absolute atomic E-state index is 0.0873. The number of carbonyl (C=O) groups excluding carboxylic acids is 1. The van der Waals surface area contributed by atoms with Crippen LogP contribution in [-0.2, 0) is 4.79 Å². The summed E-state index contributed by atoms with van der Waals surface area (Å²) in [6.07, 6.45) is 6.09. The molecule has 1 aliphatic rings. The van der Waals surface area contributed by atoms with Crippen molar-refractivity contribution in [3.05, 3.63) is 47.5 Å². The van der Waals surface area contributed by atoms with Crippen molar-refractivity contribution < 1.29 is 9.90 Å². The van der Waals surface area contributed by atoms with Gasteiger partial charge in [-0.25, -0.2) is 0 Å². The lowest BCUT2D eigenvalue weighted by atomic mass is 9.87. The highest BCUT2D eigenvalue weighted by Crippen LogP contribution is 2.27. The molecule has 20 heavy (non-hydrogen) atoms. The quantitative estimate of drug-likeness (QED) is 0.829. The van der Waals surface area contributed by atoms with Gasteiger partial charge in [0.25, 0.3) is 0 Å². The van der Waals surface area contributed by atoms with E-state index in [1.165, 1.54) is 18.4 Å². The van der Waals surface area contributed by atoms with E-state index >= 15 is 0 Å². The molecule has 1 atom stereocenters. The van der Waals surface area contributed by atoms with Gasteiger partial charge in [0.2, 0.25) is 5.91 Å². The summed E-state index contributed by atoms with van der Waals surface area (Å²) in [4.78, 5) is 12.0. The molecule has 0 spiro atoms. The topological polar surface area (TPSA) is 49.3 Å². The molecule has 0 saturated heterocycles. The summed E-state index contributed by atoms with van der Waals surface area (Å²) < 4.78 is 0. The van der Waals surface area contributed by atoms with E-state index in [-0.39, 0.29) is 18.6 Å². The lowest BCUT2D eigenvalue weighted by Gasteiger charge is -2.20. The van der Waals surface area contributed by atoms with Crippen molar-refractivity contribution in [1.82, 2.24) is 5.32 Å². The van der Waals surface area contributed by atoms with Gasteiger partial charge in [-0.15, -0.1) is 0 Å². The van der Waals surface area contributed by atoms with Gasteiger partial charge in [-0.2, -0.15) is 0 Å². The Bertz CT molecular complexity index is 457. The number of aliphatic hydroxyl groups is 1. The van der Waals surface area contributed by atoms with E-state index in [9.17, 15) is 9.90 Å². The first kappa shape index (κ1) is 14.8. The smallest absolute Gasteiger partial charge is 0.244 e. The third-order valence-electron chi connectivity index (χ3n) is 3.95. The van der Waals surface area contributed by atoms with E-state index in [4.69, 9.17) is 0 Å². The van der Waals surface area contributed by atoms with Crippen LogP contribution in [0.3, 0.4) is 0 Å². The van der Waals surface area contributed by atoms with Crippen LogP contribution in [0.5, 0.6) is 0 Å². The number of hydrogen-bond acceptors (Lipinski definition) is 2. The Morgan fingerprint density at radius 1 is 1.35 bits per heavy atom. The van der Waals surface area contributed by atoms with E-state index in [2.05, 4.69) is 12.2 Å². The maximum absolute atomic E-state index is 12.0. The molecular formula is C17H23NO2. The van der Waals surface area contributed by atoms with Crippen molar-refractivity contribution in [2.45, 2.75) is 38.6 Å². The Morgan fingerprint density at radius 2 is 2.00 bits per heavy atom. The molecule has 108 valence electrons. The highest BCUT2D eigenvalue weighted by molar-refractivity contribution is 5.88. The van der Waals surface area contributed by atoms with Gasteiger partial charge in [0.1, 0.15) is 0 Å². The van der Waals surface area contributed by atoms with Gasteiger partial charge in [-0.05, 0) is 37.2 Å². The average Bonchev–Trinajstić information content (AvgIpc) is 2.48. The molecule has 0 aliphatic heterocycles. The summed E-state index contributed by atoms with van der Waals surface area (Å²) in [5.74, 6) is 0.669. The van der Waals surface area contributed by atoms with Gasteiger partial charge in [0.05, 0.1) is 12.6 Å². The third kappa shape index (κ3) is 4.20. The van der Waals surface area contributed by atoms with Gasteiger partial charge in [-0.1, -0.05) is 42.8 Å². The molecule has 0 unspecified atom stereocenters. The van der Waals surface area contributed by atoms with E-state index in [0.29, 0.717) is 0 Å². The first-order valence-electron chi connectivity index (χ1n) is 7.34. The minimum atomic E-state index is -0.330. The average molecular weight is 273 g/mol. The van der Waals surface area contributed by atoms with Crippen LogP contribution in [0.2, 0.25) is 0 Å². The summed E-state index contributed by atoms with van der Waals surface area (Å²) in [6.45, 7) is 2.17.